The van der Waals surface area contributed by atoms with Crippen molar-refractivity contribution in [3.8, 4) is 0 Å². The molecule has 0 unspecified atom stereocenters. The first-order chi connectivity index (χ1) is 22.8. The van der Waals surface area contributed by atoms with Crippen LogP contribution in [0.4, 0.5) is 8.78 Å². The van der Waals surface area contributed by atoms with Gasteiger partial charge in [0.25, 0.3) is 0 Å². The molecule has 0 aromatic heterocycles. The van der Waals surface area contributed by atoms with Crippen LogP contribution in [-0.2, 0) is 32.4 Å². The Morgan fingerprint density at radius 3 is 2.16 bits per heavy atom. The van der Waals surface area contributed by atoms with Crippen molar-refractivity contribution in [2.45, 2.75) is 114 Å². The van der Waals surface area contributed by atoms with Crippen LogP contribution in [0.15, 0.2) is 48.5 Å². The zero-order valence-electron chi connectivity index (χ0n) is 29.7. The number of likely N-dealkylation sites (tertiary alicyclic amines) is 1. The van der Waals surface area contributed by atoms with Gasteiger partial charge >= 0.3 is 0 Å². The van der Waals surface area contributed by atoms with Gasteiger partial charge in [0.05, 0.1) is 29.5 Å². The van der Waals surface area contributed by atoms with Crippen molar-refractivity contribution in [1.82, 2.24) is 15.1 Å². The molecule has 4 rings (SSSR count). The smallest absolute Gasteiger partial charge is 0.241 e. The predicted molar refractivity (Wildman–Crippen MR) is 187 cm³/mol. The summed E-state index contributed by atoms with van der Waals surface area (Å²) in [6.45, 7) is 8.40. The molecule has 0 bridgehead atoms. The molecule has 4 N–H and O–H groups in total. The molecule has 0 radical (unpaired) electrons. The van der Waals surface area contributed by atoms with Crippen molar-refractivity contribution in [1.29, 1.82) is 0 Å². The van der Waals surface area contributed by atoms with Crippen LogP contribution >= 0.6 is 0 Å². The number of hydrogen-bond acceptors (Lipinski definition) is 7. The molecule has 1 aliphatic carbocycles. The van der Waals surface area contributed by atoms with E-state index in [2.05, 4.69) is 5.32 Å². The Balaban J connectivity index is 1.78. The molecular weight excluding hydrogens is 650 g/mol. The fraction of sp³-hybridized carbons (Fsp3) is 0.622. The van der Waals surface area contributed by atoms with Gasteiger partial charge in [-0.25, -0.2) is 17.2 Å². The number of aliphatic hydroxyl groups excluding tert-OH is 1. The molecule has 1 saturated heterocycles. The molecule has 272 valence electrons. The number of nitrogens with one attached hydrogen (secondary N) is 1. The highest BCUT2D eigenvalue weighted by Crippen LogP contribution is 2.39. The van der Waals surface area contributed by atoms with E-state index in [1.165, 1.54) is 19.9 Å². The SMILES string of the molecule is CC(C)(C)NC(=O)[C@@H]1C[C@@H]2CCCC[C@@H]2CN1C[C@@H](O)[C@H](Cc1ccccc1)N(Cc1c(F)cccc1F)C(=O)[C@@H](N)C(C)(C)S(C)(=O)=O. The monoisotopic (exact) mass is 704 g/mol. The molecule has 2 fully saturated rings. The maximum absolute atomic E-state index is 15.2. The molecule has 2 amide bonds. The molecule has 1 heterocycles. The fourth-order valence-electron chi connectivity index (χ4n) is 7.22. The van der Waals surface area contributed by atoms with Crippen molar-refractivity contribution < 1.29 is 31.9 Å². The maximum atomic E-state index is 15.2. The number of hydrogen-bond donors (Lipinski definition) is 3. The number of halogens is 2. The number of nitrogens with zero attached hydrogens (tertiary/aromatic N) is 2. The van der Waals surface area contributed by atoms with Gasteiger partial charge in [0, 0.05) is 30.4 Å². The van der Waals surface area contributed by atoms with Crippen molar-refractivity contribution in [2.24, 2.45) is 17.6 Å². The average Bonchev–Trinajstić information content (AvgIpc) is 3.02. The van der Waals surface area contributed by atoms with Crippen LogP contribution in [0.25, 0.3) is 0 Å². The van der Waals surface area contributed by atoms with Crippen molar-refractivity contribution in [3.05, 3.63) is 71.3 Å². The van der Waals surface area contributed by atoms with Crippen LogP contribution in [0.5, 0.6) is 0 Å². The van der Waals surface area contributed by atoms with Gasteiger partial charge < -0.3 is 21.1 Å². The van der Waals surface area contributed by atoms with Gasteiger partial charge in [-0.05, 0) is 83.4 Å². The zero-order chi connectivity index (χ0) is 36.3. The summed E-state index contributed by atoms with van der Waals surface area (Å²) < 4.78 is 54.2. The summed E-state index contributed by atoms with van der Waals surface area (Å²) in [5, 5.41) is 15.3. The molecule has 49 heavy (non-hydrogen) atoms. The number of benzene rings is 2. The summed E-state index contributed by atoms with van der Waals surface area (Å²) in [6, 6.07) is 9.21. The quantitative estimate of drug-likeness (QED) is 0.302. The molecule has 6 atom stereocenters. The minimum absolute atomic E-state index is 0.00279. The summed E-state index contributed by atoms with van der Waals surface area (Å²) in [7, 11) is -3.88. The molecule has 2 aliphatic rings. The zero-order valence-corrected chi connectivity index (χ0v) is 30.5. The van der Waals surface area contributed by atoms with E-state index in [0.717, 1.165) is 54.5 Å². The lowest BCUT2D eigenvalue weighted by atomic mass is 9.72. The summed E-state index contributed by atoms with van der Waals surface area (Å²) in [6.07, 6.45) is 4.66. The first-order valence-electron chi connectivity index (χ1n) is 17.3. The van der Waals surface area contributed by atoms with Crippen molar-refractivity contribution in [2.75, 3.05) is 19.3 Å². The molecular formula is C37H54F2N4O5S. The lowest BCUT2D eigenvalue weighted by Gasteiger charge is -2.47. The normalized spacial score (nSPS) is 22.4. The van der Waals surface area contributed by atoms with Crippen LogP contribution in [0.3, 0.4) is 0 Å². The first-order valence-corrected chi connectivity index (χ1v) is 19.2. The van der Waals surface area contributed by atoms with Gasteiger partial charge in [-0.1, -0.05) is 55.7 Å². The molecule has 2 aromatic carbocycles. The van der Waals surface area contributed by atoms with Gasteiger partial charge in [0.15, 0.2) is 9.84 Å². The van der Waals surface area contributed by atoms with Gasteiger partial charge in [-0.15, -0.1) is 0 Å². The summed E-state index contributed by atoms with van der Waals surface area (Å²) in [5.41, 5.74) is 6.27. The Bertz CT molecular complexity index is 1550. The molecule has 2 aromatic rings. The number of rotatable bonds is 12. The maximum Gasteiger partial charge on any atom is 0.241 e. The summed E-state index contributed by atoms with van der Waals surface area (Å²) in [5.74, 6) is -2.05. The number of aliphatic hydroxyl groups is 1. The van der Waals surface area contributed by atoms with Crippen LogP contribution < -0.4 is 11.1 Å². The van der Waals surface area contributed by atoms with Crippen LogP contribution in [-0.4, -0.2) is 89.0 Å². The Labute approximate surface area is 290 Å². The van der Waals surface area contributed by atoms with E-state index in [0.29, 0.717) is 24.8 Å². The van der Waals surface area contributed by atoms with Gasteiger partial charge in [-0.2, -0.15) is 0 Å². The minimum Gasteiger partial charge on any atom is -0.390 e. The molecule has 9 nitrogen and oxygen atoms in total. The molecule has 0 spiro atoms. The highest BCUT2D eigenvalue weighted by Gasteiger charge is 2.46. The van der Waals surface area contributed by atoms with E-state index in [4.69, 9.17) is 5.73 Å². The fourth-order valence-corrected chi connectivity index (χ4v) is 7.78. The third kappa shape index (κ3) is 9.45. The van der Waals surface area contributed by atoms with Crippen LogP contribution in [0.2, 0.25) is 0 Å². The lowest BCUT2D eigenvalue weighted by molar-refractivity contribution is -0.141. The largest absolute Gasteiger partial charge is 0.390 e. The Kier molecular flexibility index (Phi) is 12.3. The van der Waals surface area contributed by atoms with E-state index >= 15 is 8.78 Å². The summed E-state index contributed by atoms with van der Waals surface area (Å²) >= 11 is 0. The molecule has 1 saturated carbocycles. The Hall–Kier alpha value is -2.93. The van der Waals surface area contributed by atoms with E-state index < -0.39 is 74.0 Å². The van der Waals surface area contributed by atoms with E-state index in [9.17, 15) is 23.1 Å². The molecule has 1 aliphatic heterocycles. The third-order valence-electron chi connectivity index (χ3n) is 10.5. The lowest BCUT2D eigenvalue weighted by Crippen LogP contribution is -2.63. The number of nitrogens with two attached hydrogens (primary N) is 1. The number of carbonyl (C=O) groups is 2. The Morgan fingerprint density at radius 2 is 1.59 bits per heavy atom. The number of amides is 2. The topological polar surface area (TPSA) is 133 Å². The first kappa shape index (κ1) is 38.9. The van der Waals surface area contributed by atoms with Gasteiger partial charge in [0.1, 0.15) is 17.7 Å². The summed E-state index contributed by atoms with van der Waals surface area (Å²) in [4.78, 5) is 31.3. The van der Waals surface area contributed by atoms with Gasteiger partial charge in [-0.3, -0.25) is 14.5 Å². The average molecular weight is 705 g/mol. The van der Waals surface area contributed by atoms with Crippen LogP contribution in [0, 0.1) is 23.5 Å². The van der Waals surface area contributed by atoms with E-state index in [1.54, 1.807) is 12.1 Å². The Morgan fingerprint density at radius 1 is 1.00 bits per heavy atom. The highest BCUT2D eigenvalue weighted by molar-refractivity contribution is 7.92. The second-order valence-electron chi connectivity index (χ2n) is 15.6. The minimum atomic E-state index is -3.88. The number of fused-ring (bicyclic) bond motifs is 1. The predicted octanol–water partition coefficient (Wildman–Crippen LogP) is 4.21. The number of carbonyl (C=O) groups excluding carboxylic acids is 2. The number of piperidine rings is 1. The second-order valence-corrected chi connectivity index (χ2v) is 18.2. The number of β-amino-alcohol motifs (C(OH)–C–C–N with tert-alkyl or cyclic N) is 1. The number of sulfone groups is 1. The molecule has 12 heteroatoms. The third-order valence-corrected chi connectivity index (χ3v) is 12.7. The second kappa shape index (κ2) is 15.5. The van der Waals surface area contributed by atoms with Crippen molar-refractivity contribution >= 4 is 21.7 Å². The standard InChI is InChI=1S/C37H54F2N4O5S/c1-36(2,3)41-34(45)31-20-25-15-10-11-16-26(25)21-42(31)23-32(44)30(19-24-13-8-7-9-14-24)43(22-27-28(38)17-12-18-29(27)39)35(46)33(40)37(4,5)49(6,47)48/h7-9,12-14,17-18,25-26,30-33,44H,10-11,15-16,19-23,40H2,1-6H3,(H,41,45)/t25-,26+,30-,31-,32+,33+/m0/s1. The van der Waals surface area contributed by atoms with Crippen LogP contribution in [0.1, 0.15) is 77.8 Å². The van der Waals surface area contributed by atoms with E-state index in [-0.39, 0.29) is 18.9 Å². The van der Waals surface area contributed by atoms with Gasteiger partial charge in [0.2, 0.25) is 11.8 Å². The van der Waals surface area contributed by atoms with E-state index in [1.807, 2.05) is 43.9 Å². The van der Waals surface area contributed by atoms with Crippen molar-refractivity contribution in [3.63, 3.8) is 0 Å². The highest BCUT2D eigenvalue weighted by atomic mass is 32.2.